The molecule has 0 saturated heterocycles. The number of sulfonamides is 1. The van der Waals surface area contributed by atoms with Gasteiger partial charge >= 0.3 is 0 Å². The van der Waals surface area contributed by atoms with Gasteiger partial charge in [0.15, 0.2) is 0 Å². The minimum absolute atomic E-state index is 0.102. The normalized spacial score (nSPS) is 10.9. The van der Waals surface area contributed by atoms with Gasteiger partial charge in [-0.3, -0.25) is 14.3 Å². The van der Waals surface area contributed by atoms with Crippen molar-refractivity contribution < 1.29 is 22.7 Å². The van der Waals surface area contributed by atoms with Crippen LogP contribution >= 0.6 is 0 Å². The Hall–Kier alpha value is -3.07. The molecule has 0 aromatic heterocycles. The van der Waals surface area contributed by atoms with E-state index in [0.717, 1.165) is 0 Å². The predicted molar refractivity (Wildman–Crippen MR) is 102 cm³/mol. The third-order valence-corrected chi connectivity index (χ3v) is 5.27. The Bertz CT molecular complexity index is 986. The van der Waals surface area contributed by atoms with Crippen LogP contribution in [0.3, 0.4) is 0 Å². The molecule has 0 aliphatic heterocycles. The van der Waals surface area contributed by atoms with Crippen LogP contribution in [0.4, 0.5) is 5.69 Å². The van der Waals surface area contributed by atoms with Crippen molar-refractivity contribution >= 4 is 27.5 Å². The number of benzene rings is 2. The number of methoxy groups -OCH3 is 1. The van der Waals surface area contributed by atoms with Crippen molar-refractivity contribution in [2.24, 2.45) is 5.73 Å². The molecular weight excluding hydrogens is 370 g/mol. The van der Waals surface area contributed by atoms with Crippen LogP contribution in [-0.2, 0) is 10.0 Å². The average molecular weight is 391 g/mol. The van der Waals surface area contributed by atoms with Crippen LogP contribution in [0.2, 0.25) is 0 Å². The fourth-order valence-corrected chi connectivity index (χ4v) is 3.65. The summed E-state index contributed by atoms with van der Waals surface area (Å²) >= 11 is 0. The maximum absolute atomic E-state index is 12.8. The first kappa shape index (κ1) is 20.2. The minimum Gasteiger partial charge on any atom is -0.496 e. The highest BCUT2D eigenvalue weighted by Gasteiger charge is 2.21. The number of ether oxygens (including phenoxy) is 1. The third kappa shape index (κ3) is 4.37. The molecule has 0 fully saturated rings. The standard InChI is InChI=1S/C18H21N3O5S/c1-4-20-18(23)14-10-12(8-9-16(14)26-3)27(24,25)21-15-7-5-6-13(11(15)2)17(19)22/h5-10,21H,4H2,1-3H3,(H2,19,22)(H,20,23). The monoisotopic (exact) mass is 391 g/mol. The van der Waals surface area contributed by atoms with Gasteiger partial charge in [0, 0.05) is 12.1 Å². The topological polar surface area (TPSA) is 128 Å². The summed E-state index contributed by atoms with van der Waals surface area (Å²) in [5.74, 6) is -0.846. The summed E-state index contributed by atoms with van der Waals surface area (Å²) in [5.41, 5.74) is 6.25. The molecule has 9 heteroatoms. The van der Waals surface area contributed by atoms with Crippen LogP contribution in [0.1, 0.15) is 33.2 Å². The quantitative estimate of drug-likeness (QED) is 0.661. The molecule has 0 saturated carbocycles. The summed E-state index contributed by atoms with van der Waals surface area (Å²) in [5, 5.41) is 2.61. The molecule has 0 radical (unpaired) electrons. The van der Waals surface area contributed by atoms with Crippen LogP contribution < -0.4 is 20.5 Å². The Morgan fingerprint density at radius 1 is 1.15 bits per heavy atom. The molecule has 0 aliphatic rings. The van der Waals surface area contributed by atoms with Gasteiger partial charge in [-0.2, -0.15) is 0 Å². The first-order valence-electron chi connectivity index (χ1n) is 8.09. The lowest BCUT2D eigenvalue weighted by Gasteiger charge is -2.14. The highest BCUT2D eigenvalue weighted by Crippen LogP contribution is 2.26. The summed E-state index contributed by atoms with van der Waals surface area (Å²) in [6.45, 7) is 3.73. The van der Waals surface area contributed by atoms with Crippen molar-refractivity contribution in [2.75, 3.05) is 18.4 Å². The third-order valence-electron chi connectivity index (χ3n) is 3.91. The minimum atomic E-state index is -4.01. The Balaban J connectivity index is 2.46. The van der Waals surface area contributed by atoms with Crippen molar-refractivity contribution in [1.29, 1.82) is 0 Å². The van der Waals surface area contributed by atoms with Crippen LogP contribution in [0.5, 0.6) is 5.75 Å². The number of anilines is 1. The molecule has 2 rings (SSSR count). The van der Waals surface area contributed by atoms with E-state index in [-0.39, 0.29) is 27.5 Å². The van der Waals surface area contributed by atoms with Gasteiger partial charge in [-0.15, -0.1) is 0 Å². The number of primary amides is 1. The zero-order valence-electron chi connectivity index (χ0n) is 15.2. The fraction of sp³-hybridized carbons (Fsp3) is 0.222. The zero-order chi connectivity index (χ0) is 20.2. The number of hydrogen-bond donors (Lipinski definition) is 3. The van der Waals surface area contributed by atoms with Crippen LogP contribution in [0.25, 0.3) is 0 Å². The molecule has 2 aromatic rings. The molecule has 4 N–H and O–H groups in total. The van der Waals surface area contributed by atoms with E-state index in [1.807, 2.05) is 0 Å². The van der Waals surface area contributed by atoms with E-state index in [0.29, 0.717) is 12.1 Å². The van der Waals surface area contributed by atoms with E-state index in [2.05, 4.69) is 10.0 Å². The summed E-state index contributed by atoms with van der Waals surface area (Å²) in [6, 6.07) is 8.53. The lowest BCUT2D eigenvalue weighted by Crippen LogP contribution is -2.24. The number of nitrogens with one attached hydrogen (secondary N) is 2. The van der Waals surface area contributed by atoms with E-state index >= 15 is 0 Å². The molecule has 0 heterocycles. The van der Waals surface area contributed by atoms with Crippen LogP contribution in [0.15, 0.2) is 41.3 Å². The van der Waals surface area contributed by atoms with Gasteiger partial charge < -0.3 is 15.8 Å². The number of amides is 2. The molecule has 144 valence electrons. The second kappa shape index (κ2) is 8.09. The molecule has 0 aliphatic carbocycles. The fourth-order valence-electron chi connectivity index (χ4n) is 2.50. The molecule has 2 amide bonds. The van der Waals surface area contributed by atoms with Crippen molar-refractivity contribution in [1.82, 2.24) is 5.32 Å². The lowest BCUT2D eigenvalue weighted by atomic mass is 10.1. The molecule has 0 spiro atoms. The first-order valence-corrected chi connectivity index (χ1v) is 9.58. The van der Waals surface area contributed by atoms with Gasteiger partial charge in [0.05, 0.1) is 23.3 Å². The van der Waals surface area contributed by atoms with E-state index in [1.165, 1.54) is 43.5 Å². The second-order valence-electron chi connectivity index (χ2n) is 5.67. The smallest absolute Gasteiger partial charge is 0.261 e. The SMILES string of the molecule is CCNC(=O)c1cc(S(=O)(=O)Nc2cccc(C(N)=O)c2C)ccc1OC. The summed E-state index contributed by atoms with van der Waals surface area (Å²) in [7, 11) is -2.62. The summed E-state index contributed by atoms with van der Waals surface area (Å²) in [4.78, 5) is 23.5. The van der Waals surface area contributed by atoms with E-state index < -0.39 is 21.8 Å². The number of rotatable bonds is 7. The van der Waals surface area contributed by atoms with Crippen molar-refractivity contribution in [3.05, 3.63) is 53.1 Å². The largest absolute Gasteiger partial charge is 0.496 e. The number of carbonyl (C=O) groups is 2. The Morgan fingerprint density at radius 2 is 1.85 bits per heavy atom. The molecule has 27 heavy (non-hydrogen) atoms. The van der Waals surface area contributed by atoms with Crippen molar-refractivity contribution in [2.45, 2.75) is 18.7 Å². The van der Waals surface area contributed by atoms with Gasteiger partial charge in [-0.25, -0.2) is 8.42 Å². The molecule has 0 unspecified atom stereocenters. The average Bonchev–Trinajstić information content (AvgIpc) is 2.62. The van der Waals surface area contributed by atoms with Crippen LogP contribution in [-0.4, -0.2) is 33.9 Å². The maximum Gasteiger partial charge on any atom is 0.261 e. The van der Waals surface area contributed by atoms with Crippen LogP contribution in [0, 0.1) is 6.92 Å². The molecular formula is C18H21N3O5S. The zero-order valence-corrected chi connectivity index (χ0v) is 16.0. The molecule has 0 atom stereocenters. The van der Waals surface area contributed by atoms with Gasteiger partial charge in [-0.05, 0) is 49.7 Å². The van der Waals surface area contributed by atoms with Crippen molar-refractivity contribution in [3.63, 3.8) is 0 Å². The summed E-state index contributed by atoms with van der Waals surface area (Å²) < 4.78 is 33.1. The first-order chi connectivity index (χ1) is 12.7. The number of hydrogen-bond acceptors (Lipinski definition) is 5. The van der Waals surface area contributed by atoms with E-state index in [4.69, 9.17) is 10.5 Å². The molecule has 8 nitrogen and oxygen atoms in total. The summed E-state index contributed by atoms with van der Waals surface area (Å²) in [6.07, 6.45) is 0. The van der Waals surface area contributed by atoms with Gasteiger partial charge in [0.2, 0.25) is 5.91 Å². The molecule has 0 bridgehead atoms. The highest BCUT2D eigenvalue weighted by atomic mass is 32.2. The van der Waals surface area contributed by atoms with Gasteiger partial charge in [-0.1, -0.05) is 6.07 Å². The number of nitrogens with two attached hydrogens (primary N) is 1. The second-order valence-corrected chi connectivity index (χ2v) is 7.35. The van der Waals surface area contributed by atoms with Crippen molar-refractivity contribution in [3.8, 4) is 5.75 Å². The highest BCUT2D eigenvalue weighted by molar-refractivity contribution is 7.92. The van der Waals surface area contributed by atoms with E-state index in [9.17, 15) is 18.0 Å². The van der Waals surface area contributed by atoms with Gasteiger partial charge in [0.25, 0.3) is 15.9 Å². The molecule has 2 aromatic carbocycles. The van der Waals surface area contributed by atoms with Gasteiger partial charge in [0.1, 0.15) is 5.75 Å². The Kier molecular flexibility index (Phi) is 6.06. The predicted octanol–water partition coefficient (Wildman–Crippen LogP) is 1.65. The Morgan fingerprint density at radius 3 is 2.44 bits per heavy atom. The van der Waals surface area contributed by atoms with E-state index in [1.54, 1.807) is 13.8 Å². The Labute approximate surface area is 157 Å². The lowest BCUT2D eigenvalue weighted by molar-refractivity contribution is 0.0951. The number of carbonyl (C=O) groups excluding carboxylic acids is 2. The maximum atomic E-state index is 12.8.